The molecule has 1 saturated heterocycles. The van der Waals surface area contributed by atoms with Gasteiger partial charge < -0.3 is 30.1 Å². The van der Waals surface area contributed by atoms with Crippen LogP contribution in [0, 0.1) is 17.8 Å². The Kier molecular flexibility index (Phi) is 9.92. The highest BCUT2D eigenvalue weighted by Gasteiger charge is 2.62. The first-order valence-corrected chi connectivity index (χ1v) is 18.8. The highest BCUT2D eigenvalue weighted by atomic mass is 35.5. The van der Waals surface area contributed by atoms with Crippen LogP contribution < -0.4 is 24.8 Å². The molecule has 7 atom stereocenters. The van der Waals surface area contributed by atoms with Crippen molar-refractivity contribution in [1.29, 1.82) is 0 Å². The van der Waals surface area contributed by atoms with Crippen molar-refractivity contribution in [3.05, 3.63) is 41.6 Å². The SMILES string of the molecule is COc1cnc(O[C@@H]2C[C@H]3C(=O)N[C@]4(C(=O)NS(=O)(=O)C5CC5)C[C@H]4/C=C\CCC(C)C[C@@H](C)[C@H](NC(=O)O)C(=O)N3C2)c2cccc(Cl)c12. The first kappa shape index (κ1) is 35.7. The van der Waals surface area contributed by atoms with Gasteiger partial charge in [0.25, 0.3) is 5.91 Å². The van der Waals surface area contributed by atoms with Gasteiger partial charge in [0.1, 0.15) is 29.5 Å². The van der Waals surface area contributed by atoms with Crippen LogP contribution in [0.5, 0.6) is 11.6 Å². The van der Waals surface area contributed by atoms with Gasteiger partial charge in [0.2, 0.25) is 27.7 Å². The highest BCUT2D eigenvalue weighted by molar-refractivity contribution is 7.91. The Balaban J connectivity index is 1.35. The minimum Gasteiger partial charge on any atom is -0.494 e. The maximum atomic E-state index is 14.3. The third kappa shape index (κ3) is 7.20. The summed E-state index contributed by atoms with van der Waals surface area (Å²) in [4.78, 5) is 59.9. The average molecular weight is 732 g/mol. The lowest BCUT2D eigenvalue weighted by Crippen LogP contribution is -2.59. The Bertz CT molecular complexity index is 1840. The standard InChI is InChI=1S/C34H42ClN5O9S/c1-18-7-4-5-8-20-15-34(20,32(43)39-50(46,47)22-11-12-22)38-29(41)25-14-21(17-40(25)31(42)28(19(2)13-18)37-33(44)45)49-30-23-9-6-10-24(35)27(23)26(48-3)16-36-30/h5-6,8-10,16,18-22,25,28,37H,4,7,11-15,17H2,1-3H3,(H,38,41)(H,39,43)(H,44,45)/b8-5-/t18?,19-,20-,21-,25+,28+,34-/m1/s1. The largest absolute Gasteiger partial charge is 0.494 e. The Morgan fingerprint density at radius 2 is 1.92 bits per heavy atom. The van der Waals surface area contributed by atoms with Crippen LogP contribution in [0.25, 0.3) is 10.8 Å². The summed E-state index contributed by atoms with van der Waals surface area (Å²) in [5, 5.41) is 15.8. The fraction of sp³-hybridized carbons (Fsp3) is 0.559. The van der Waals surface area contributed by atoms with Crippen molar-refractivity contribution in [2.45, 2.75) is 87.8 Å². The number of amides is 4. The van der Waals surface area contributed by atoms with E-state index in [1.807, 2.05) is 19.1 Å². The molecule has 3 fully saturated rings. The molecule has 0 bridgehead atoms. The molecule has 2 aromatic rings. The Hall–Kier alpha value is -4.11. The van der Waals surface area contributed by atoms with Crippen molar-refractivity contribution in [2.75, 3.05) is 13.7 Å². The number of nitrogens with zero attached hydrogens (tertiary/aromatic N) is 2. The lowest BCUT2D eigenvalue weighted by molar-refractivity contribution is -0.142. The van der Waals surface area contributed by atoms with Crippen molar-refractivity contribution < 1.29 is 42.2 Å². The Morgan fingerprint density at radius 1 is 1.16 bits per heavy atom. The van der Waals surface area contributed by atoms with E-state index in [4.69, 9.17) is 21.1 Å². The lowest BCUT2D eigenvalue weighted by Gasteiger charge is -2.32. The molecule has 16 heteroatoms. The molecular formula is C34H42ClN5O9S. The molecule has 4 amide bonds. The molecule has 1 aromatic heterocycles. The molecule has 2 aliphatic carbocycles. The zero-order chi connectivity index (χ0) is 36.0. The van der Waals surface area contributed by atoms with Crippen LogP contribution in [0.2, 0.25) is 5.02 Å². The van der Waals surface area contributed by atoms with E-state index in [1.54, 1.807) is 25.1 Å². The molecule has 50 heavy (non-hydrogen) atoms. The van der Waals surface area contributed by atoms with Gasteiger partial charge >= 0.3 is 6.09 Å². The first-order chi connectivity index (χ1) is 23.7. The van der Waals surface area contributed by atoms with Gasteiger partial charge in [-0.25, -0.2) is 18.2 Å². The van der Waals surface area contributed by atoms with Crippen molar-refractivity contribution >= 4 is 56.2 Å². The van der Waals surface area contributed by atoms with Crippen molar-refractivity contribution in [1.82, 2.24) is 25.2 Å². The maximum Gasteiger partial charge on any atom is 0.405 e. The first-order valence-electron chi connectivity index (χ1n) is 16.9. The summed E-state index contributed by atoms with van der Waals surface area (Å²) in [6.45, 7) is 3.73. The number of nitrogens with one attached hydrogen (secondary N) is 3. The number of sulfonamides is 1. The van der Waals surface area contributed by atoms with Gasteiger partial charge in [-0.2, -0.15) is 0 Å². The second-order valence-electron chi connectivity index (χ2n) is 14.0. The third-order valence-corrected chi connectivity index (χ3v) is 12.3. The van der Waals surface area contributed by atoms with Crippen molar-refractivity contribution in [3.8, 4) is 11.6 Å². The summed E-state index contributed by atoms with van der Waals surface area (Å²) in [5.74, 6) is -2.24. The molecule has 4 N–H and O–H groups in total. The van der Waals surface area contributed by atoms with Crippen LogP contribution in [-0.4, -0.2) is 89.9 Å². The molecular weight excluding hydrogens is 690 g/mol. The fourth-order valence-electron chi connectivity index (χ4n) is 7.24. The normalized spacial score (nSPS) is 30.9. The number of hydrogen-bond acceptors (Lipinski definition) is 9. The second kappa shape index (κ2) is 13.9. The van der Waals surface area contributed by atoms with E-state index in [1.165, 1.54) is 18.2 Å². The second-order valence-corrected chi connectivity index (χ2v) is 16.3. The minimum absolute atomic E-state index is 0.0174. The molecule has 1 unspecified atom stereocenters. The number of aromatic nitrogens is 1. The minimum atomic E-state index is -3.91. The molecule has 4 aliphatic rings. The number of hydrogen-bond donors (Lipinski definition) is 4. The van der Waals surface area contributed by atoms with Crippen molar-refractivity contribution in [3.63, 3.8) is 0 Å². The zero-order valence-electron chi connectivity index (χ0n) is 28.1. The van der Waals surface area contributed by atoms with E-state index in [2.05, 4.69) is 20.3 Å². The smallest absolute Gasteiger partial charge is 0.405 e. The summed E-state index contributed by atoms with van der Waals surface area (Å²) >= 11 is 6.49. The highest BCUT2D eigenvalue weighted by Crippen LogP contribution is 2.46. The molecule has 6 rings (SSSR count). The van der Waals surface area contributed by atoms with Crippen molar-refractivity contribution in [2.24, 2.45) is 17.8 Å². The maximum absolute atomic E-state index is 14.3. The molecule has 270 valence electrons. The van der Waals surface area contributed by atoms with E-state index >= 15 is 0 Å². The molecule has 0 spiro atoms. The summed E-state index contributed by atoms with van der Waals surface area (Å²) in [6, 6.07) is 2.84. The van der Waals surface area contributed by atoms with E-state index in [0.29, 0.717) is 47.2 Å². The average Bonchev–Trinajstić information content (AvgIpc) is 3.98. The third-order valence-electron chi connectivity index (χ3n) is 10.2. The number of halogens is 1. The van der Waals surface area contributed by atoms with Crippen LogP contribution in [0.1, 0.15) is 58.8 Å². The fourth-order valence-corrected chi connectivity index (χ4v) is 8.87. The van der Waals surface area contributed by atoms with E-state index in [9.17, 15) is 32.7 Å². The number of fused-ring (bicyclic) bond motifs is 3. The molecule has 3 heterocycles. The number of allylic oxidation sites excluding steroid dienone is 1. The van der Waals surface area contributed by atoms with Gasteiger partial charge in [0.15, 0.2) is 0 Å². The lowest BCUT2D eigenvalue weighted by atomic mass is 9.88. The van der Waals surface area contributed by atoms with Gasteiger partial charge in [0, 0.05) is 23.1 Å². The number of methoxy groups -OCH3 is 1. The number of carbonyl (C=O) groups excluding carboxylic acids is 3. The molecule has 1 aromatic carbocycles. The van der Waals surface area contributed by atoms with E-state index in [-0.39, 0.29) is 31.2 Å². The summed E-state index contributed by atoms with van der Waals surface area (Å²) in [5.41, 5.74) is -1.54. The monoisotopic (exact) mass is 731 g/mol. The Labute approximate surface area is 295 Å². The van der Waals surface area contributed by atoms with Gasteiger partial charge in [0.05, 0.1) is 30.1 Å². The van der Waals surface area contributed by atoms with Gasteiger partial charge in [-0.05, 0) is 62.5 Å². The predicted octanol–water partition coefficient (Wildman–Crippen LogP) is 3.38. The molecule has 14 nitrogen and oxygen atoms in total. The topological polar surface area (TPSA) is 193 Å². The molecule has 2 aliphatic heterocycles. The van der Waals surface area contributed by atoms with Gasteiger partial charge in [-0.1, -0.05) is 43.7 Å². The number of carboxylic acid groups (broad SMARTS) is 1. The Morgan fingerprint density at radius 3 is 2.62 bits per heavy atom. The quantitative estimate of drug-likeness (QED) is 0.307. The van der Waals surface area contributed by atoms with Gasteiger partial charge in [-0.15, -0.1) is 0 Å². The van der Waals surface area contributed by atoms with Gasteiger partial charge in [-0.3, -0.25) is 19.1 Å². The predicted molar refractivity (Wildman–Crippen MR) is 183 cm³/mol. The van der Waals surface area contributed by atoms with Crippen LogP contribution >= 0.6 is 11.6 Å². The summed E-state index contributed by atoms with van der Waals surface area (Å²) in [6.07, 6.45) is 6.06. The number of rotatable bonds is 7. The van der Waals surface area contributed by atoms with Crippen LogP contribution in [-0.2, 0) is 24.4 Å². The molecule has 0 radical (unpaired) electrons. The number of benzene rings is 1. The zero-order valence-corrected chi connectivity index (χ0v) is 29.6. The summed E-state index contributed by atoms with van der Waals surface area (Å²) < 4.78 is 39.5. The summed E-state index contributed by atoms with van der Waals surface area (Å²) in [7, 11) is -2.42. The van der Waals surface area contributed by atoms with Crippen LogP contribution in [0.3, 0.4) is 0 Å². The number of carbonyl (C=O) groups is 4. The van der Waals surface area contributed by atoms with Crippen LogP contribution in [0.4, 0.5) is 4.79 Å². The van der Waals surface area contributed by atoms with Crippen LogP contribution in [0.15, 0.2) is 36.5 Å². The van der Waals surface area contributed by atoms with E-state index in [0.717, 1.165) is 6.42 Å². The number of ether oxygens (including phenoxy) is 2. The molecule has 2 saturated carbocycles. The number of pyridine rings is 1. The van der Waals surface area contributed by atoms with E-state index < -0.39 is 74.7 Å².